The minimum absolute atomic E-state index is 0.0128. The van der Waals surface area contributed by atoms with Crippen LogP contribution in [0.3, 0.4) is 0 Å². The molecule has 2 N–H and O–H groups in total. The van der Waals surface area contributed by atoms with Crippen molar-refractivity contribution in [2.45, 2.75) is 50.2 Å². The highest BCUT2D eigenvalue weighted by Crippen LogP contribution is 2.33. The van der Waals surface area contributed by atoms with Crippen molar-refractivity contribution >= 4 is 17.2 Å². The van der Waals surface area contributed by atoms with Gasteiger partial charge in [0.05, 0.1) is 10.9 Å². The van der Waals surface area contributed by atoms with E-state index in [9.17, 15) is 18.7 Å². The van der Waals surface area contributed by atoms with Crippen molar-refractivity contribution < 1.29 is 18.7 Å². The fraction of sp³-hybridized carbons (Fsp3) is 0.391. The van der Waals surface area contributed by atoms with E-state index in [0.29, 0.717) is 31.6 Å². The molecule has 2 aromatic heterocycles. The number of nitrogens with zero attached hydrogens (tertiary/aromatic N) is 4. The van der Waals surface area contributed by atoms with Gasteiger partial charge in [0.15, 0.2) is 0 Å². The summed E-state index contributed by atoms with van der Waals surface area (Å²) in [6.07, 6.45) is 4.07. The van der Waals surface area contributed by atoms with Crippen molar-refractivity contribution in [2.24, 2.45) is 0 Å². The molecule has 0 saturated carbocycles. The third-order valence-corrected chi connectivity index (χ3v) is 6.85. The number of rotatable bonds is 9. The van der Waals surface area contributed by atoms with Gasteiger partial charge in [0.2, 0.25) is 11.7 Å². The lowest BCUT2D eigenvalue weighted by molar-refractivity contribution is -0.135. The minimum atomic E-state index is -3.41. The molecular formula is C23H25F2N5O2S. The number of hydrogen-bond acceptors (Lipinski definition) is 6. The Kier molecular flexibility index (Phi) is 7.24. The molecule has 1 amide bonds. The first-order valence-electron chi connectivity index (χ1n) is 10.9. The number of hydrogen-bond donors (Lipinski definition) is 2. The van der Waals surface area contributed by atoms with Crippen LogP contribution in [0.5, 0.6) is 0 Å². The molecule has 3 aromatic rings. The summed E-state index contributed by atoms with van der Waals surface area (Å²) in [5.74, 6) is -2.84. The number of nitrogens with one attached hydrogen (secondary N) is 1. The zero-order valence-electron chi connectivity index (χ0n) is 17.9. The SMILES string of the molecule is O=C1CCC[C@H](/C=C/[C@H](O)C(F)(F)c2ccccc2)N1CCCc1ccc(-c2nn[nH]n2)s1. The van der Waals surface area contributed by atoms with Crippen LogP contribution < -0.4 is 0 Å². The molecule has 1 fully saturated rings. The predicted octanol–water partition coefficient (Wildman–Crippen LogP) is 3.95. The molecule has 1 aromatic carbocycles. The number of aromatic amines is 1. The van der Waals surface area contributed by atoms with Crippen molar-refractivity contribution in [3.63, 3.8) is 0 Å². The highest BCUT2D eigenvalue weighted by molar-refractivity contribution is 7.15. The van der Waals surface area contributed by atoms with Crippen LogP contribution >= 0.6 is 11.3 Å². The number of tetrazole rings is 1. The van der Waals surface area contributed by atoms with Crippen LogP contribution in [0, 0.1) is 0 Å². The smallest absolute Gasteiger partial charge is 0.302 e. The second-order valence-electron chi connectivity index (χ2n) is 7.97. The maximum absolute atomic E-state index is 14.6. The quantitative estimate of drug-likeness (QED) is 0.459. The lowest BCUT2D eigenvalue weighted by Gasteiger charge is -2.34. The molecule has 4 rings (SSSR count). The molecule has 174 valence electrons. The van der Waals surface area contributed by atoms with E-state index < -0.39 is 12.0 Å². The predicted molar refractivity (Wildman–Crippen MR) is 121 cm³/mol. The Hall–Kier alpha value is -2.98. The van der Waals surface area contributed by atoms with Crippen molar-refractivity contribution in [3.05, 3.63) is 65.1 Å². The fourth-order valence-electron chi connectivity index (χ4n) is 3.95. The number of amides is 1. The second kappa shape index (κ2) is 10.3. The topological polar surface area (TPSA) is 95.0 Å². The van der Waals surface area contributed by atoms with E-state index in [0.717, 1.165) is 28.7 Å². The Balaban J connectivity index is 1.36. The van der Waals surface area contributed by atoms with Crippen LogP contribution in [-0.2, 0) is 17.1 Å². The number of piperidine rings is 1. The summed E-state index contributed by atoms with van der Waals surface area (Å²) < 4.78 is 29.2. The highest BCUT2D eigenvalue weighted by Gasteiger charge is 2.39. The van der Waals surface area contributed by atoms with Gasteiger partial charge < -0.3 is 10.0 Å². The molecule has 1 aliphatic rings. The van der Waals surface area contributed by atoms with Crippen molar-refractivity contribution in [2.75, 3.05) is 6.54 Å². The van der Waals surface area contributed by atoms with E-state index in [2.05, 4.69) is 20.6 Å². The Labute approximate surface area is 194 Å². The van der Waals surface area contributed by atoms with Crippen LogP contribution in [0.2, 0.25) is 0 Å². The van der Waals surface area contributed by atoms with Gasteiger partial charge in [0, 0.05) is 23.4 Å². The lowest BCUT2D eigenvalue weighted by Crippen LogP contribution is -2.43. The molecule has 2 atom stereocenters. The maximum atomic E-state index is 14.6. The van der Waals surface area contributed by atoms with Gasteiger partial charge in [-0.3, -0.25) is 4.79 Å². The molecule has 0 unspecified atom stereocenters. The molecule has 0 bridgehead atoms. The Morgan fingerprint density at radius 2 is 2.09 bits per heavy atom. The lowest BCUT2D eigenvalue weighted by atomic mass is 9.98. The zero-order chi connectivity index (χ0) is 23.3. The van der Waals surface area contributed by atoms with Gasteiger partial charge in [-0.25, -0.2) is 0 Å². The number of aliphatic hydroxyl groups excluding tert-OH is 1. The van der Waals surface area contributed by atoms with Crippen LogP contribution in [-0.4, -0.2) is 55.2 Å². The number of carbonyl (C=O) groups is 1. The first kappa shape index (κ1) is 23.2. The van der Waals surface area contributed by atoms with E-state index in [1.807, 2.05) is 12.1 Å². The average Bonchev–Trinajstić information content (AvgIpc) is 3.51. The van der Waals surface area contributed by atoms with Crippen LogP contribution in [0.15, 0.2) is 54.6 Å². The van der Waals surface area contributed by atoms with E-state index in [1.165, 1.54) is 24.3 Å². The van der Waals surface area contributed by atoms with E-state index in [1.54, 1.807) is 28.4 Å². The molecular weight excluding hydrogens is 448 g/mol. The zero-order valence-corrected chi connectivity index (χ0v) is 18.7. The molecule has 7 nitrogen and oxygen atoms in total. The van der Waals surface area contributed by atoms with Crippen molar-refractivity contribution in [3.8, 4) is 10.7 Å². The first-order valence-corrected chi connectivity index (χ1v) is 11.7. The second-order valence-corrected chi connectivity index (χ2v) is 9.14. The number of aliphatic hydroxyl groups is 1. The Morgan fingerprint density at radius 1 is 1.27 bits per heavy atom. The third kappa shape index (κ3) is 5.51. The number of alkyl halides is 2. The normalized spacial score (nSPS) is 18.2. The summed E-state index contributed by atoms with van der Waals surface area (Å²) in [6, 6.07) is 10.9. The summed E-state index contributed by atoms with van der Waals surface area (Å²) in [6.45, 7) is 0.522. The van der Waals surface area contributed by atoms with Crippen LogP contribution in [0.4, 0.5) is 8.78 Å². The van der Waals surface area contributed by atoms with Crippen LogP contribution in [0.25, 0.3) is 10.7 Å². The number of likely N-dealkylation sites (tertiary alicyclic amines) is 1. The van der Waals surface area contributed by atoms with E-state index in [-0.39, 0.29) is 17.5 Å². The van der Waals surface area contributed by atoms with Gasteiger partial charge in [-0.15, -0.1) is 21.5 Å². The summed E-state index contributed by atoms with van der Waals surface area (Å²) in [4.78, 5) is 16.3. The number of aromatic nitrogens is 4. The average molecular weight is 474 g/mol. The van der Waals surface area contributed by atoms with E-state index >= 15 is 0 Å². The van der Waals surface area contributed by atoms with Gasteiger partial charge >= 0.3 is 5.92 Å². The highest BCUT2D eigenvalue weighted by atomic mass is 32.1. The number of carbonyl (C=O) groups excluding carboxylic acids is 1. The largest absolute Gasteiger partial charge is 0.382 e. The molecule has 33 heavy (non-hydrogen) atoms. The molecule has 1 saturated heterocycles. The summed E-state index contributed by atoms with van der Waals surface area (Å²) in [5, 5.41) is 24.1. The fourth-order valence-corrected chi connectivity index (χ4v) is 4.92. The number of aryl methyl sites for hydroxylation is 1. The number of thiophene rings is 1. The molecule has 0 radical (unpaired) electrons. The maximum Gasteiger partial charge on any atom is 0.302 e. The third-order valence-electron chi connectivity index (χ3n) is 5.71. The molecule has 1 aliphatic heterocycles. The number of halogens is 2. The van der Waals surface area contributed by atoms with Gasteiger partial charge in [-0.05, 0) is 43.0 Å². The van der Waals surface area contributed by atoms with Gasteiger partial charge in [0.25, 0.3) is 0 Å². The van der Waals surface area contributed by atoms with E-state index in [4.69, 9.17) is 0 Å². The summed E-state index contributed by atoms with van der Waals surface area (Å²) >= 11 is 1.57. The number of benzene rings is 1. The van der Waals surface area contributed by atoms with Gasteiger partial charge in [-0.2, -0.15) is 14.0 Å². The Bertz CT molecular complexity index is 1070. The minimum Gasteiger partial charge on any atom is -0.382 e. The van der Waals surface area contributed by atoms with Crippen LogP contribution in [0.1, 0.15) is 36.1 Å². The van der Waals surface area contributed by atoms with Crippen molar-refractivity contribution in [1.29, 1.82) is 0 Å². The molecule has 0 aliphatic carbocycles. The van der Waals surface area contributed by atoms with Crippen molar-refractivity contribution in [1.82, 2.24) is 25.5 Å². The number of H-pyrrole nitrogens is 1. The summed E-state index contributed by atoms with van der Waals surface area (Å²) in [7, 11) is 0. The standard InChI is InChI=1S/C23H25F2N5O2S/c24-23(25,16-6-2-1-3-7-16)20(31)14-11-17-8-4-10-21(32)30(17)15-5-9-18-12-13-19(33-18)22-26-28-29-27-22/h1-3,6-7,11-14,17,20,31H,4-5,8-10,15H2,(H,26,27,28,29)/b14-11+/t17-,20+/m1/s1. The summed E-state index contributed by atoms with van der Waals surface area (Å²) in [5.41, 5.74) is -0.241. The molecule has 10 heteroatoms. The van der Waals surface area contributed by atoms with Gasteiger partial charge in [0.1, 0.15) is 6.10 Å². The molecule has 0 spiro atoms. The first-order chi connectivity index (χ1) is 15.9. The monoisotopic (exact) mass is 473 g/mol. The van der Waals surface area contributed by atoms with Gasteiger partial charge in [-0.1, -0.05) is 42.5 Å². The molecule has 3 heterocycles. The Morgan fingerprint density at radius 3 is 2.85 bits per heavy atom.